The SMILES string of the molecule is COc1cc(Br)cc(C)c1NCc1ccc(C)cn1. The van der Waals surface area contributed by atoms with Crippen LogP contribution in [0.5, 0.6) is 5.75 Å². The molecule has 2 aromatic rings. The summed E-state index contributed by atoms with van der Waals surface area (Å²) < 4.78 is 6.42. The van der Waals surface area contributed by atoms with Gasteiger partial charge in [0.25, 0.3) is 0 Å². The third kappa shape index (κ3) is 3.47. The van der Waals surface area contributed by atoms with E-state index in [1.165, 1.54) is 5.56 Å². The minimum Gasteiger partial charge on any atom is -0.495 e. The summed E-state index contributed by atoms with van der Waals surface area (Å²) in [6, 6.07) is 8.12. The van der Waals surface area contributed by atoms with Crippen LogP contribution in [0.2, 0.25) is 0 Å². The van der Waals surface area contributed by atoms with Crippen LogP contribution < -0.4 is 10.1 Å². The van der Waals surface area contributed by atoms with Gasteiger partial charge in [0, 0.05) is 10.7 Å². The van der Waals surface area contributed by atoms with Crippen LogP contribution in [-0.4, -0.2) is 12.1 Å². The van der Waals surface area contributed by atoms with E-state index in [9.17, 15) is 0 Å². The Morgan fingerprint density at radius 1 is 1.26 bits per heavy atom. The minimum atomic E-state index is 0.680. The highest BCUT2D eigenvalue weighted by Crippen LogP contribution is 2.32. The van der Waals surface area contributed by atoms with E-state index in [-0.39, 0.29) is 0 Å². The molecule has 1 N–H and O–H groups in total. The van der Waals surface area contributed by atoms with Crippen LogP contribution in [0.4, 0.5) is 5.69 Å². The first-order valence-corrected chi connectivity index (χ1v) is 6.89. The molecule has 1 heterocycles. The first-order chi connectivity index (χ1) is 9.10. The molecule has 0 amide bonds. The summed E-state index contributed by atoms with van der Waals surface area (Å²) in [5.74, 6) is 0.832. The van der Waals surface area contributed by atoms with E-state index in [0.717, 1.165) is 27.2 Å². The maximum absolute atomic E-state index is 5.40. The molecule has 0 saturated heterocycles. The molecule has 0 spiro atoms. The number of hydrogen-bond donors (Lipinski definition) is 1. The largest absolute Gasteiger partial charge is 0.495 e. The molecule has 0 bridgehead atoms. The van der Waals surface area contributed by atoms with Crippen molar-refractivity contribution < 1.29 is 4.74 Å². The first kappa shape index (κ1) is 13.9. The monoisotopic (exact) mass is 320 g/mol. The third-order valence-corrected chi connectivity index (χ3v) is 3.36. The molecule has 1 aromatic heterocycles. The number of aryl methyl sites for hydroxylation is 2. The van der Waals surface area contributed by atoms with E-state index < -0.39 is 0 Å². The van der Waals surface area contributed by atoms with E-state index in [2.05, 4.69) is 45.3 Å². The van der Waals surface area contributed by atoms with E-state index in [0.29, 0.717) is 6.54 Å². The maximum atomic E-state index is 5.40. The summed E-state index contributed by atoms with van der Waals surface area (Å²) in [5.41, 5.74) is 4.32. The zero-order valence-electron chi connectivity index (χ0n) is 11.3. The fraction of sp³-hybridized carbons (Fsp3) is 0.267. The summed E-state index contributed by atoms with van der Waals surface area (Å²) >= 11 is 3.47. The molecule has 2 rings (SSSR count). The number of benzene rings is 1. The van der Waals surface area contributed by atoms with E-state index in [1.807, 2.05) is 25.3 Å². The standard InChI is InChI=1S/C15H17BrN2O/c1-10-4-5-13(17-8-10)9-18-15-11(2)6-12(16)7-14(15)19-3/h4-8,18H,9H2,1-3H3. The molecule has 4 heteroatoms. The smallest absolute Gasteiger partial charge is 0.143 e. The average molecular weight is 321 g/mol. The number of aromatic nitrogens is 1. The van der Waals surface area contributed by atoms with Gasteiger partial charge in [0.1, 0.15) is 5.75 Å². The Morgan fingerprint density at radius 2 is 2.05 bits per heavy atom. The van der Waals surface area contributed by atoms with Crippen LogP contribution in [0, 0.1) is 13.8 Å². The van der Waals surface area contributed by atoms with Gasteiger partial charge < -0.3 is 10.1 Å². The summed E-state index contributed by atoms with van der Waals surface area (Å²) in [6.07, 6.45) is 1.88. The van der Waals surface area contributed by atoms with Crippen LogP contribution in [0.25, 0.3) is 0 Å². The summed E-state index contributed by atoms with van der Waals surface area (Å²) in [7, 11) is 1.68. The van der Waals surface area contributed by atoms with Gasteiger partial charge in [0.15, 0.2) is 0 Å². The fourth-order valence-electron chi connectivity index (χ4n) is 1.88. The Bertz CT molecular complexity index is 567. The third-order valence-electron chi connectivity index (χ3n) is 2.90. The van der Waals surface area contributed by atoms with Gasteiger partial charge in [-0.3, -0.25) is 4.98 Å². The average Bonchev–Trinajstić information content (AvgIpc) is 2.39. The number of halogens is 1. The van der Waals surface area contributed by atoms with Crippen molar-refractivity contribution in [3.05, 3.63) is 51.8 Å². The minimum absolute atomic E-state index is 0.680. The zero-order chi connectivity index (χ0) is 13.8. The number of rotatable bonds is 4. The number of ether oxygens (including phenoxy) is 1. The number of methoxy groups -OCH3 is 1. The second-order valence-electron chi connectivity index (χ2n) is 4.48. The topological polar surface area (TPSA) is 34.1 Å². The number of nitrogens with one attached hydrogen (secondary N) is 1. The molecule has 0 atom stereocenters. The summed E-state index contributed by atoms with van der Waals surface area (Å²) in [6.45, 7) is 4.77. The zero-order valence-corrected chi connectivity index (χ0v) is 12.9. The number of pyridine rings is 1. The molecule has 19 heavy (non-hydrogen) atoms. The van der Waals surface area contributed by atoms with Gasteiger partial charge in [-0.15, -0.1) is 0 Å². The van der Waals surface area contributed by atoms with E-state index >= 15 is 0 Å². The second kappa shape index (κ2) is 6.06. The maximum Gasteiger partial charge on any atom is 0.143 e. The van der Waals surface area contributed by atoms with Crippen LogP contribution in [-0.2, 0) is 6.54 Å². The fourth-order valence-corrected chi connectivity index (χ4v) is 2.43. The second-order valence-corrected chi connectivity index (χ2v) is 5.40. The predicted molar refractivity (Wildman–Crippen MR) is 81.7 cm³/mol. The van der Waals surface area contributed by atoms with Crippen LogP contribution in [0.15, 0.2) is 34.9 Å². The summed E-state index contributed by atoms with van der Waals surface area (Å²) in [4.78, 5) is 4.38. The van der Waals surface area contributed by atoms with Gasteiger partial charge in [0.2, 0.25) is 0 Å². The lowest BCUT2D eigenvalue weighted by Gasteiger charge is -2.14. The Labute approximate surface area is 122 Å². The van der Waals surface area contributed by atoms with Crippen LogP contribution >= 0.6 is 15.9 Å². The lowest BCUT2D eigenvalue weighted by Crippen LogP contribution is -2.04. The highest BCUT2D eigenvalue weighted by molar-refractivity contribution is 9.10. The summed E-state index contributed by atoms with van der Waals surface area (Å²) in [5, 5.41) is 3.39. The normalized spacial score (nSPS) is 10.3. The van der Waals surface area contributed by atoms with Crippen LogP contribution in [0.3, 0.4) is 0 Å². The molecule has 3 nitrogen and oxygen atoms in total. The molecule has 0 aliphatic heterocycles. The molecule has 0 unspecified atom stereocenters. The highest BCUT2D eigenvalue weighted by atomic mass is 79.9. The molecule has 0 aliphatic carbocycles. The lowest BCUT2D eigenvalue weighted by atomic mass is 10.2. The molecule has 0 saturated carbocycles. The Kier molecular flexibility index (Phi) is 4.43. The highest BCUT2D eigenvalue weighted by Gasteiger charge is 2.08. The Hall–Kier alpha value is -1.55. The number of hydrogen-bond acceptors (Lipinski definition) is 3. The number of nitrogens with zero attached hydrogens (tertiary/aromatic N) is 1. The van der Waals surface area contributed by atoms with Gasteiger partial charge in [0.05, 0.1) is 25.0 Å². The van der Waals surface area contributed by atoms with E-state index in [1.54, 1.807) is 7.11 Å². The van der Waals surface area contributed by atoms with Crippen molar-refractivity contribution in [2.75, 3.05) is 12.4 Å². The molecule has 100 valence electrons. The van der Waals surface area contributed by atoms with Crippen molar-refractivity contribution in [3.8, 4) is 5.75 Å². The quantitative estimate of drug-likeness (QED) is 0.921. The van der Waals surface area contributed by atoms with Crippen molar-refractivity contribution in [2.24, 2.45) is 0 Å². The van der Waals surface area contributed by atoms with Crippen LogP contribution in [0.1, 0.15) is 16.8 Å². The lowest BCUT2D eigenvalue weighted by molar-refractivity contribution is 0.416. The van der Waals surface area contributed by atoms with Gasteiger partial charge in [-0.05, 0) is 43.2 Å². The molecule has 0 radical (unpaired) electrons. The van der Waals surface area contributed by atoms with Gasteiger partial charge in [-0.1, -0.05) is 22.0 Å². The molecular weight excluding hydrogens is 304 g/mol. The molecule has 0 fully saturated rings. The molecule has 0 aliphatic rings. The Balaban J connectivity index is 2.17. The van der Waals surface area contributed by atoms with Gasteiger partial charge in [-0.2, -0.15) is 0 Å². The Morgan fingerprint density at radius 3 is 2.68 bits per heavy atom. The van der Waals surface area contributed by atoms with Gasteiger partial charge >= 0.3 is 0 Å². The van der Waals surface area contributed by atoms with Crippen molar-refractivity contribution in [1.29, 1.82) is 0 Å². The van der Waals surface area contributed by atoms with Crippen molar-refractivity contribution in [1.82, 2.24) is 4.98 Å². The van der Waals surface area contributed by atoms with Crippen molar-refractivity contribution in [2.45, 2.75) is 20.4 Å². The van der Waals surface area contributed by atoms with Crippen molar-refractivity contribution >= 4 is 21.6 Å². The van der Waals surface area contributed by atoms with E-state index in [4.69, 9.17) is 4.74 Å². The van der Waals surface area contributed by atoms with Crippen molar-refractivity contribution in [3.63, 3.8) is 0 Å². The predicted octanol–water partition coefficient (Wildman–Crippen LogP) is 4.08. The first-order valence-electron chi connectivity index (χ1n) is 6.09. The molecule has 1 aromatic carbocycles. The van der Waals surface area contributed by atoms with Gasteiger partial charge in [-0.25, -0.2) is 0 Å². The molecular formula is C15H17BrN2O. The number of anilines is 1.